The number of carboxylic acids is 1. The van der Waals surface area contributed by atoms with Gasteiger partial charge in [-0.05, 0) is 43.7 Å². The number of carbonyl (C=O) groups is 1. The second kappa shape index (κ2) is 6.02. The highest BCUT2D eigenvalue weighted by molar-refractivity contribution is 6.00. The zero-order valence-corrected chi connectivity index (χ0v) is 11.4. The number of hydrogen-bond donors (Lipinski definition) is 2. The summed E-state index contributed by atoms with van der Waals surface area (Å²) in [5.41, 5.74) is 7.07. The van der Waals surface area contributed by atoms with Gasteiger partial charge in [0.25, 0.3) is 0 Å². The van der Waals surface area contributed by atoms with E-state index in [2.05, 4.69) is 10.5 Å². The molecule has 0 atom stereocenters. The molecule has 0 spiro atoms. The van der Waals surface area contributed by atoms with Gasteiger partial charge in [-0.2, -0.15) is 5.10 Å². The van der Waals surface area contributed by atoms with Gasteiger partial charge in [0.1, 0.15) is 0 Å². The molecule has 0 bridgehead atoms. The summed E-state index contributed by atoms with van der Waals surface area (Å²) in [6.07, 6.45) is 0. The van der Waals surface area contributed by atoms with Crippen molar-refractivity contribution >= 4 is 17.4 Å². The third-order valence-corrected chi connectivity index (χ3v) is 3.02. The largest absolute Gasteiger partial charge is 0.478 e. The van der Waals surface area contributed by atoms with Crippen LogP contribution in [0.25, 0.3) is 0 Å². The van der Waals surface area contributed by atoms with E-state index in [9.17, 15) is 4.79 Å². The fourth-order valence-corrected chi connectivity index (χ4v) is 1.87. The number of aromatic carboxylic acids is 1. The third-order valence-electron chi connectivity index (χ3n) is 3.02. The minimum atomic E-state index is -0.934. The molecule has 0 fully saturated rings. The van der Waals surface area contributed by atoms with Crippen LogP contribution in [-0.4, -0.2) is 16.8 Å². The Hall–Kier alpha value is -2.62. The van der Waals surface area contributed by atoms with Gasteiger partial charge < -0.3 is 5.11 Å². The first-order valence-corrected chi connectivity index (χ1v) is 6.27. The van der Waals surface area contributed by atoms with E-state index >= 15 is 0 Å². The molecule has 2 N–H and O–H groups in total. The van der Waals surface area contributed by atoms with Crippen LogP contribution in [0.2, 0.25) is 0 Å². The molecule has 0 radical (unpaired) electrons. The average molecular weight is 268 g/mol. The second-order valence-electron chi connectivity index (χ2n) is 4.51. The fraction of sp³-hybridized carbons (Fsp3) is 0.125. The molecular weight excluding hydrogens is 252 g/mol. The zero-order valence-electron chi connectivity index (χ0n) is 11.4. The topological polar surface area (TPSA) is 61.7 Å². The van der Waals surface area contributed by atoms with E-state index in [0.717, 1.165) is 22.5 Å². The zero-order chi connectivity index (χ0) is 14.5. The van der Waals surface area contributed by atoms with E-state index in [1.54, 1.807) is 24.3 Å². The number of benzene rings is 2. The molecule has 0 unspecified atom stereocenters. The van der Waals surface area contributed by atoms with E-state index in [4.69, 9.17) is 5.11 Å². The van der Waals surface area contributed by atoms with E-state index in [-0.39, 0.29) is 5.56 Å². The summed E-state index contributed by atoms with van der Waals surface area (Å²) >= 11 is 0. The van der Waals surface area contributed by atoms with Crippen LogP contribution in [0.3, 0.4) is 0 Å². The van der Waals surface area contributed by atoms with Crippen molar-refractivity contribution in [3.05, 3.63) is 65.2 Å². The highest BCUT2D eigenvalue weighted by Gasteiger charge is 2.02. The Morgan fingerprint density at radius 2 is 1.75 bits per heavy atom. The van der Waals surface area contributed by atoms with Gasteiger partial charge in [-0.25, -0.2) is 4.79 Å². The van der Waals surface area contributed by atoms with E-state index in [0.29, 0.717) is 0 Å². The van der Waals surface area contributed by atoms with Crippen molar-refractivity contribution in [1.29, 1.82) is 0 Å². The van der Waals surface area contributed by atoms with Crippen LogP contribution in [-0.2, 0) is 0 Å². The lowest BCUT2D eigenvalue weighted by molar-refractivity contribution is 0.0697. The summed E-state index contributed by atoms with van der Waals surface area (Å²) in [7, 11) is 0. The van der Waals surface area contributed by atoms with Crippen LogP contribution in [0.15, 0.2) is 53.6 Å². The average Bonchev–Trinajstić information content (AvgIpc) is 2.45. The lowest BCUT2D eigenvalue weighted by atomic mass is 10.1. The Kier molecular flexibility index (Phi) is 4.15. The molecule has 0 aromatic heterocycles. The van der Waals surface area contributed by atoms with Crippen molar-refractivity contribution in [2.75, 3.05) is 5.43 Å². The molecule has 2 rings (SSSR count). The standard InChI is InChI=1S/C16H16N2O2/c1-11-5-3-4-6-15(11)12(2)17-18-14-9-7-13(8-10-14)16(19)20/h3-10,18H,1-2H3,(H,19,20)/b17-12-. The smallest absolute Gasteiger partial charge is 0.335 e. The molecule has 0 aliphatic carbocycles. The van der Waals surface area contributed by atoms with Crippen LogP contribution in [0, 0.1) is 6.92 Å². The summed E-state index contributed by atoms with van der Waals surface area (Å²) in [4.78, 5) is 10.8. The molecule has 4 heteroatoms. The predicted octanol–water partition coefficient (Wildman–Crippen LogP) is 3.53. The van der Waals surface area contributed by atoms with E-state index < -0.39 is 5.97 Å². The van der Waals surface area contributed by atoms with Crippen molar-refractivity contribution < 1.29 is 9.90 Å². The van der Waals surface area contributed by atoms with Crippen LogP contribution in [0.5, 0.6) is 0 Å². The third kappa shape index (κ3) is 3.23. The Morgan fingerprint density at radius 1 is 1.10 bits per heavy atom. The lowest BCUT2D eigenvalue weighted by Gasteiger charge is -2.06. The number of nitrogens with zero attached hydrogens (tertiary/aromatic N) is 1. The van der Waals surface area contributed by atoms with Crippen molar-refractivity contribution in [2.45, 2.75) is 13.8 Å². The van der Waals surface area contributed by atoms with Crippen molar-refractivity contribution in [2.24, 2.45) is 5.10 Å². The SMILES string of the molecule is C/C(=N/Nc1ccc(C(=O)O)cc1)c1ccccc1C. The Balaban J connectivity index is 2.13. The van der Waals surface area contributed by atoms with Crippen LogP contribution in [0.1, 0.15) is 28.4 Å². The van der Waals surface area contributed by atoms with Gasteiger partial charge in [-0.1, -0.05) is 24.3 Å². The Bertz CT molecular complexity index is 646. The normalized spacial score (nSPS) is 11.2. The molecule has 0 aliphatic rings. The minimum absolute atomic E-state index is 0.259. The van der Waals surface area contributed by atoms with Gasteiger partial charge >= 0.3 is 5.97 Å². The maximum Gasteiger partial charge on any atom is 0.335 e. The Labute approximate surface area is 117 Å². The first-order valence-electron chi connectivity index (χ1n) is 6.27. The van der Waals surface area contributed by atoms with Gasteiger partial charge in [0.05, 0.1) is 17.0 Å². The number of hydrazone groups is 1. The van der Waals surface area contributed by atoms with Crippen LogP contribution < -0.4 is 5.43 Å². The van der Waals surface area contributed by atoms with Gasteiger partial charge in [0.15, 0.2) is 0 Å². The first kappa shape index (κ1) is 13.8. The summed E-state index contributed by atoms with van der Waals surface area (Å²) in [5.74, 6) is -0.934. The van der Waals surface area contributed by atoms with Crippen molar-refractivity contribution in [3.8, 4) is 0 Å². The van der Waals surface area contributed by atoms with Crippen LogP contribution in [0.4, 0.5) is 5.69 Å². The summed E-state index contributed by atoms with van der Waals surface area (Å²) in [6, 6.07) is 14.5. The highest BCUT2D eigenvalue weighted by atomic mass is 16.4. The molecule has 2 aromatic carbocycles. The molecule has 0 heterocycles. The maximum atomic E-state index is 10.8. The second-order valence-corrected chi connectivity index (χ2v) is 4.51. The molecular formula is C16H16N2O2. The summed E-state index contributed by atoms with van der Waals surface area (Å²) in [6.45, 7) is 3.97. The van der Waals surface area contributed by atoms with Gasteiger partial charge in [0, 0.05) is 5.56 Å². The van der Waals surface area contributed by atoms with Gasteiger partial charge in [-0.3, -0.25) is 5.43 Å². The fourth-order valence-electron chi connectivity index (χ4n) is 1.87. The van der Waals surface area contributed by atoms with Gasteiger partial charge in [-0.15, -0.1) is 0 Å². The first-order chi connectivity index (χ1) is 9.58. The number of carboxylic acid groups (broad SMARTS) is 1. The molecule has 0 saturated carbocycles. The molecule has 2 aromatic rings. The van der Waals surface area contributed by atoms with E-state index in [1.165, 1.54) is 0 Å². The monoisotopic (exact) mass is 268 g/mol. The number of rotatable bonds is 4. The lowest BCUT2D eigenvalue weighted by Crippen LogP contribution is -2.02. The van der Waals surface area contributed by atoms with Crippen molar-refractivity contribution in [3.63, 3.8) is 0 Å². The Morgan fingerprint density at radius 3 is 2.35 bits per heavy atom. The molecule has 4 nitrogen and oxygen atoms in total. The molecule has 0 saturated heterocycles. The quantitative estimate of drug-likeness (QED) is 0.658. The minimum Gasteiger partial charge on any atom is -0.478 e. The molecule has 102 valence electrons. The van der Waals surface area contributed by atoms with E-state index in [1.807, 2.05) is 38.1 Å². The maximum absolute atomic E-state index is 10.8. The summed E-state index contributed by atoms with van der Waals surface area (Å²) in [5, 5.41) is 13.1. The van der Waals surface area contributed by atoms with Crippen molar-refractivity contribution in [1.82, 2.24) is 0 Å². The number of hydrogen-bond acceptors (Lipinski definition) is 3. The highest BCUT2D eigenvalue weighted by Crippen LogP contribution is 2.12. The number of anilines is 1. The molecule has 20 heavy (non-hydrogen) atoms. The molecule has 0 amide bonds. The number of nitrogens with one attached hydrogen (secondary N) is 1. The molecule has 0 aliphatic heterocycles. The van der Waals surface area contributed by atoms with Gasteiger partial charge in [0.2, 0.25) is 0 Å². The number of aryl methyl sites for hydroxylation is 1. The summed E-state index contributed by atoms with van der Waals surface area (Å²) < 4.78 is 0. The predicted molar refractivity (Wildman–Crippen MR) is 80.4 cm³/mol. The van der Waals surface area contributed by atoms with Crippen LogP contribution >= 0.6 is 0 Å².